The van der Waals surface area contributed by atoms with E-state index in [0.717, 1.165) is 18.7 Å². The van der Waals surface area contributed by atoms with E-state index < -0.39 is 67.5 Å². The summed E-state index contributed by atoms with van der Waals surface area (Å²) in [4.78, 5) is 52.0. The van der Waals surface area contributed by atoms with Gasteiger partial charge in [-0.1, -0.05) is 18.6 Å². The lowest BCUT2D eigenvalue weighted by atomic mass is 9.77. The number of para-hydroxylation sites is 1. The largest absolute Gasteiger partial charge is 0.465 e. The number of likely N-dealkylation sites (N-methyl/N-ethyl adjacent to an activating group) is 1. The number of fused-ring (bicyclic) bond motifs is 1. The SMILES string of the molecule is C[C@@H]1C[C@H](OC2CCCCC(OC(=O)NC(C)(C)CNS(=O)(=O)c3ccccc3[N+](=O)[O-])C(=O)CC3CCOC(=O)C32)O[C@@H](C)CN1C. The molecule has 16 heteroatoms. The fraction of sp³-hybridized carbons (Fsp3) is 0.719. The quantitative estimate of drug-likeness (QED) is 0.218. The lowest BCUT2D eigenvalue weighted by Crippen LogP contribution is -2.52. The van der Waals surface area contributed by atoms with Crippen molar-refractivity contribution in [1.29, 1.82) is 0 Å². The zero-order chi connectivity index (χ0) is 35.2. The summed E-state index contributed by atoms with van der Waals surface area (Å²) in [5, 5.41) is 13.9. The van der Waals surface area contributed by atoms with Crippen LogP contribution in [0.4, 0.5) is 10.5 Å². The highest BCUT2D eigenvalue weighted by Gasteiger charge is 2.44. The third-order valence-electron chi connectivity index (χ3n) is 9.23. The first-order valence-corrected chi connectivity index (χ1v) is 18.0. The molecule has 0 bridgehead atoms. The Balaban J connectivity index is 1.39. The topological polar surface area (TPSA) is 193 Å². The smallest absolute Gasteiger partial charge is 0.408 e. The van der Waals surface area contributed by atoms with Crippen molar-refractivity contribution in [3.63, 3.8) is 0 Å². The molecule has 1 aromatic rings. The van der Waals surface area contributed by atoms with E-state index in [1.54, 1.807) is 13.8 Å². The molecule has 268 valence electrons. The van der Waals surface area contributed by atoms with Gasteiger partial charge in [0.2, 0.25) is 10.0 Å². The van der Waals surface area contributed by atoms with Crippen LogP contribution in [0.15, 0.2) is 29.2 Å². The molecule has 15 nitrogen and oxygen atoms in total. The zero-order valence-corrected chi connectivity index (χ0v) is 29.0. The Morgan fingerprint density at radius 2 is 1.85 bits per heavy atom. The first-order chi connectivity index (χ1) is 22.6. The van der Waals surface area contributed by atoms with Crippen molar-refractivity contribution in [3.8, 4) is 0 Å². The minimum atomic E-state index is -4.29. The molecule has 48 heavy (non-hydrogen) atoms. The van der Waals surface area contributed by atoms with E-state index in [1.807, 2.05) is 14.0 Å². The Kier molecular flexibility index (Phi) is 12.6. The van der Waals surface area contributed by atoms with Crippen LogP contribution in [0.25, 0.3) is 0 Å². The number of nitrogens with one attached hydrogen (secondary N) is 2. The molecule has 4 rings (SSSR count). The van der Waals surface area contributed by atoms with E-state index >= 15 is 0 Å². The minimum Gasteiger partial charge on any atom is -0.465 e. The Labute approximate surface area is 281 Å². The molecule has 0 aromatic heterocycles. The molecule has 1 aliphatic carbocycles. The lowest BCUT2D eigenvalue weighted by Gasteiger charge is -2.38. The molecule has 1 amide bonds. The summed E-state index contributed by atoms with van der Waals surface area (Å²) in [5.74, 6) is -1.76. The fourth-order valence-corrected chi connectivity index (χ4v) is 7.88. The molecule has 3 aliphatic rings. The van der Waals surface area contributed by atoms with Crippen LogP contribution in [0.2, 0.25) is 0 Å². The number of hydrogen-bond acceptors (Lipinski definition) is 12. The number of Topliss-reactive ketones (excluding diaryl/α,β-unsaturated/α-hetero) is 1. The van der Waals surface area contributed by atoms with Crippen molar-refractivity contribution in [2.75, 3.05) is 26.7 Å². The first-order valence-electron chi connectivity index (χ1n) is 16.5. The highest BCUT2D eigenvalue weighted by atomic mass is 32.2. The highest BCUT2D eigenvalue weighted by Crippen LogP contribution is 2.36. The van der Waals surface area contributed by atoms with Gasteiger partial charge in [0.1, 0.15) is 0 Å². The molecular formula is C32H48N4O11S. The van der Waals surface area contributed by atoms with Gasteiger partial charge in [-0.05, 0) is 72.4 Å². The van der Waals surface area contributed by atoms with Crippen LogP contribution in [0.3, 0.4) is 0 Å². The maximum atomic E-state index is 13.6. The second-order valence-corrected chi connectivity index (χ2v) is 15.5. The van der Waals surface area contributed by atoms with Gasteiger partial charge in [0.25, 0.3) is 5.69 Å². The standard InChI is InChI=1S/C32H48N4O11S/c1-20-16-28(45-21(2)18-35(20)5)46-26-12-8-7-11-25(24(37)17-22-14-15-44-30(38)29(22)26)47-31(39)34-32(3,4)19-33-48(42,43)27-13-9-6-10-23(27)36(40)41/h6,9-10,13,20-22,25-26,28-29,33H,7-8,11-12,14-19H2,1-5H3,(H,34,39)/t20-,21+,22?,25?,26?,28+,29?/m1/s1. The monoisotopic (exact) mass is 696 g/mol. The van der Waals surface area contributed by atoms with Crippen LogP contribution in [0, 0.1) is 22.0 Å². The summed E-state index contributed by atoms with van der Waals surface area (Å²) in [7, 11) is -2.25. The molecule has 3 fully saturated rings. The number of sulfonamides is 1. The van der Waals surface area contributed by atoms with Crippen molar-refractivity contribution in [2.24, 2.45) is 11.8 Å². The predicted molar refractivity (Wildman–Crippen MR) is 172 cm³/mol. The van der Waals surface area contributed by atoms with Crippen LogP contribution in [-0.2, 0) is 38.6 Å². The van der Waals surface area contributed by atoms with Crippen molar-refractivity contribution in [3.05, 3.63) is 34.4 Å². The number of ether oxygens (including phenoxy) is 4. The predicted octanol–water partition coefficient (Wildman–Crippen LogP) is 3.30. The van der Waals surface area contributed by atoms with E-state index in [2.05, 4.69) is 21.9 Å². The number of cyclic esters (lactones) is 1. The summed E-state index contributed by atoms with van der Waals surface area (Å²) in [6.45, 7) is 7.80. The molecule has 2 N–H and O–H groups in total. The van der Waals surface area contributed by atoms with Gasteiger partial charge >= 0.3 is 12.1 Å². The van der Waals surface area contributed by atoms with E-state index in [4.69, 9.17) is 18.9 Å². The second kappa shape index (κ2) is 16.0. The maximum absolute atomic E-state index is 13.6. The number of amides is 1. The molecule has 0 spiro atoms. The Hall–Kier alpha value is -3.18. The van der Waals surface area contributed by atoms with Crippen molar-refractivity contribution < 1.29 is 46.7 Å². The summed E-state index contributed by atoms with van der Waals surface area (Å²) in [5.41, 5.74) is -1.77. The molecular weight excluding hydrogens is 648 g/mol. The molecule has 2 saturated heterocycles. The van der Waals surface area contributed by atoms with Gasteiger partial charge in [-0.15, -0.1) is 0 Å². The first kappa shape index (κ1) is 37.6. The molecule has 7 atom stereocenters. The van der Waals surface area contributed by atoms with Crippen LogP contribution in [-0.4, -0.2) is 99.0 Å². The minimum absolute atomic E-state index is 0.00229. The number of esters is 1. The van der Waals surface area contributed by atoms with E-state index in [1.165, 1.54) is 12.1 Å². The van der Waals surface area contributed by atoms with Gasteiger partial charge in [-0.3, -0.25) is 19.7 Å². The van der Waals surface area contributed by atoms with Crippen LogP contribution < -0.4 is 10.0 Å². The Bertz CT molecular complexity index is 1440. The van der Waals surface area contributed by atoms with Gasteiger partial charge < -0.3 is 29.2 Å². The number of nitrogens with zero attached hydrogens (tertiary/aromatic N) is 2. The molecule has 0 radical (unpaired) electrons. The Morgan fingerprint density at radius 1 is 1.15 bits per heavy atom. The number of nitro groups is 1. The number of nitro benzene ring substituents is 1. The number of alkyl carbamates (subject to hydrolysis) is 1. The van der Waals surface area contributed by atoms with Gasteiger partial charge in [-0.2, -0.15) is 0 Å². The fourth-order valence-electron chi connectivity index (χ4n) is 6.50. The highest BCUT2D eigenvalue weighted by molar-refractivity contribution is 7.89. The van der Waals surface area contributed by atoms with E-state index in [-0.39, 0.29) is 49.8 Å². The Morgan fingerprint density at radius 3 is 2.58 bits per heavy atom. The number of carbonyl (C=O) groups is 3. The molecule has 2 aliphatic heterocycles. The summed E-state index contributed by atoms with van der Waals surface area (Å²) in [6, 6.07) is 5.16. The van der Waals surface area contributed by atoms with Crippen molar-refractivity contribution >= 4 is 33.6 Å². The van der Waals surface area contributed by atoms with Crippen LogP contribution in [0.5, 0.6) is 0 Å². The summed E-state index contributed by atoms with van der Waals surface area (Å²) < 4.78 is 51.7. The number of carbonyl (C=O) groups excluding carboxylic acids is 3. The van der Waals surface area contributed by atoms with Crippen LogP contribution in [0.1, 0.15) is 72.6 Å². The van der Waals surface area contributed by atoms with Gasteiger partial charge in [0, 0.05) is 38.0 Å². The normalized spacial score (nSPS) is 29.6. The number of rotatable bonds is 9. The average molecular weight is 697 g/mol. The third kappa shape index (κ3) is 9.94. The maximum Gasteiger partial charge on any atom is 0.408 e. The molecule has 1 aromatic carbocycles. The van der Waals surface area contributed by atoms with Gasteiger partial charge in [0.15, 0.2) is 23.1 Å². The zero-order valence-electron chi connectivity index (χ0n) is 28.2. The van der Waals surface area contributed by atoms with Crippen molar-refractivity contribution in [2.45, 2.75) is 114 Å². The second-order valence-electron chi connectivity index (χ2n) is 13.7. The average Bonchev–Trinajstić information content (AvgIpc) is 3.12. The number of ketones is 1. The van der Waals surface area contributed by atoms with Crippen molar-refractivity contribution in [1.82, 2.24) is 14.9 Å². The summed E-state index contributed by atoms with van der Waals surface area (Å²) in [6.07, 6.45) is -0.00553. The van der Waals surface area contributed by atoms with Gasteiger partial charge in [0.05, 0.1) is 35.2 Å². The lowest BCUT2D eigenvalue weighted by molar-refractivity contribution is -0.387. The number of benzene rings is 1. The third-order valence-corrected chi connectivity index (χ3v) is 10.7. The van der Waals surface area contributed by atoms with Gasteiger partial charge in [-0.25, -0.2) is 17.9 Å². The number of hydrogen-bond donors (Lipinski definition) is 2. The van der Waals surface area contributed by atoms with E-state index in [0.29, 0.717) is 32.1 Å². The molecule has 4 unspecified atom stereocenters. The molecule has 2 heterocycles. The van der Waals surface area contributed by atoms with Crippen LogP contribution >= 0.6 is 0 Å². The van der Waals surface area contributed by atoms with E-state index in [9.17, 15) is 32.9 Å². The summed E-state index contributed by atoms with van der Waals surface area (Å²) >= 11 is 0. The molecule has 1 saturated carbocycles.